The lowest BCUT2D eigenvalue weighted by molar-refractivity contribution is 0.102. The standard InChI is InChI=1S/C19H16N2O4S/c1-2-24-13-6-3-11(4-7-13)19(23)21-12-5-8-16-14(9-12)15(22)10-17(25-16)18(20)26/h3-10H,2H2,1H3,(H2,20,26)(H,21,23). The SMILES string of the molecule is CCOc1ccc(C(=O)Nc2ccc3oc(C(N)=S)cc(=O)c3c2)cc1. The summed E-state index contributed by atoms with van der Waals surface area (Å²) in [6.07, 6.45) is 0. The van der Waals surface area contributed by atoms with Crippen LogP contribution in [-0.4, -0.2) is 17.5 Å². The van der Waals surface area contributed by atoms with Gasteiger partial charge in [-0.25, -0.2) is 0 Å². The minimum atomic E-state index is -0.295. The lowest BCUT2D eigenvalue weighted by atomic mass is 10.1. The summed E-state index contributed by atoms with van der Waals surface area (Å²) in [4.78, 5) is 24.6. The number of fused-ring (bicyclic) bond motifs is 1. The van der Waals surface area contributed by atoms with Crippen molar-refractivity contribution in [3.8, 4) is 5.75 Å². The van der Waals surface area contributed by atoms with Gasteiger partial charge in [0.05, 0.1) is 12.0 Å². The second-order valence-electron chi connectivity index (χ2n) is 5.46. The number of carbonyl (C=O) groups is 1. The van der Waals surface area contributed by atoms with Crippen LogP contribution in [0.4, 0.5) is 5.69 Å². The number of amides is 1. The van der Waals surface area contributed by atoms with Crippen molar-refractivity contribution in [3.05, 3.63) is 70.1 Å². The normalized spacial score (nSPS) is 10.5. The molecular weight excluding hydrogens is 352 g/mol. The van der Waals surface area contributed by atoms with Crippen LogP contribution in [0.5, 0.6) is 5.75 Å². The van der Waals surface area contributed by atoms with Gasteiger partial charge in [0.2, 0.25) is 0 Å². The van der Waals surface area contributed by atoms with E-state index in [1.165, 1.54) is 6.07 Å². The van der Waals surface area contributed by atoms with Gasteiger partial charge in [-0.3, -0.25) is 9.59 Å². The summed E-state index contributed by atoms with van der Waals surface area (Å²) in [6.45, 7) is 2.45. The third-order valence-corrected chi connectivity index (χ3v) is 3.86. The van der Waals surface area contributed by atoms with E-state index in [4.69, 9.17) is 27.1 Å². The smallest absolute Gasteiger partial charge is 0.255 e. The fourth-order valence-corrected chi connectivity index (χ4v) is 2.53. The van der Waals surface area contributed by atoms with Gasteiger partial charge in [0.25, 0.3) is 5.91 Å². The van der Waals surface area contributed by atoms with Gasteiger partial charge in [-0.15, -0.1) is 0 Å². The van der Waals surface area contributed by atoms with Crippen LogP contribution in [-0.2, 0) is 0 Å². The first-order valence-corrected chi connectivity index (χ1v) is 8.30. The quantitative estimate of drug-likeness (QED) is 0.672. The molecule has 1 heterocycles. The first kappa shape index (κ1) is 17.6. The van der Waals surface area contributed by atoms with Crippen molar-refractivity contribution < 1.29 is 13.9 Å². The summed E-state index contributed by atoms with van der Waals surface area (Å²) < 4.78 is 10.8. The Labute approximate surface area is 154 Å². The Morgan fingerprint density at radius 3 is 2.58 bits per heavy atom. The van der Waals surface area contributed by atoms with Crippen molar-refractivity contribution in [2.75, 3.05) is 11.9 Å². The molecule has 0 unspecified atom stereocenters. The third-order valence-electron chi connectivity index (χ3n) is 3.66. The zero-order chi connectivity index (χ0) is 18.7. The molecule has 0 saturated heterocycles. The monoisotopic (exact) mass is 368 g/mol. The summed E-state index contributed by atoms with van der Waals surface area (Å²) >= 11 is 4.83. The van der Waals surface area contributed by atoms with E-state index in [0.29, 0.717) is 34.6 Å². The average Bonchev–Trinajstić information content (AvgIpc) is 2.63. The molecule has 2 aromatic carbocycles. The number of rotatable bonds is 5. The molecule has 0 bridgehead atoms. The molecule has 0 aliphatic rings. The number of nitrogens with two attached hydrogens (primary N) is 1. The molecule has 132 valence electrons. The maximum atomic E-state index is 12.4. The number of carbonyl (C=O) groups excluding carboxylic acids is 1. The fraction of sp³-hybridized carbons (Fsp3) is 0.105. The number of anilines is 1. The number of hydrogen-bond acceptors (Lipinski definition) is 5. The van der Waals surface area contributed by atoms with Crippen molar-refractivity contribution in [1.82, 2.24) is 0 Å². The zero-order valence-electron chi connectivity index (χ0n) is 13.9. The predicted molar refractivity (Wildman–Crippen MR) is 104 cm³/mol. The second-order valence-corrected chi connectivity index (χ2v) is 5.90. The van der Waals surface area contributed by atoms with Gasteiger partial charge in [-0.1, -0.05) is 12.2 Å². The Bertz CT molecular complexity index is 1040. The molecule has 0 aliphatic heterocycles. The van der Waals surface area contributed by atoms with Crippen molar-refractivity contribution in [3.63, 3.8) is 0 Å². The van der Waals surface area contributed by atoms with Crippen LogP contribution in [0.25, 0.3) is 11.0 Å². The van der Waals surface area contributed by atoms with E-state index in [1.807, 2.05) is 6.92 Å². The predicted octanol–water partition coefficient (Wildman–Crippen LogP) is 3.08. The summed E-state index contributed by atoms with van der Waals surface area (Å²) in [5, 5.41) is 3.08. The number of ether oxygens (including phenoxy) is 1. The summed E-state index contributed by atoms with van der Waals surface area (Å²) in [7, 11) is 0. The molecule has 0 atom stereocenters. The van der Waals surface area contributed by atoms with Crippen LogP contribution in [0, 0.1) is 0 Å². The van der Waals surface area contributed by atoms with E-state index >= 15 is 0 Å². The number of thiocarbonyl (C=S) groups is 1. The zero-order valence-corrected chi connectivity index (χ0v) is 14.8. The van der Waals surface area contributed by atoms with Crippen LogP contribution in [0.2, 0.25) is 0 Å². The maximum Gasteiger partial charge on any atom is 0.255 e. The third kappa shape index (κ3) is 3.73. The number of benzene rings is 2. The van der Waals surface area contributed by atoms with Crippen molar-refractivity contribution in [2.24, 2.45) is 5.73 Å². The minimum absolute atomic E-state index is 0.0110. The molecule has 1 amide bonds. The highest BCUT2D eigenvalue weighted by molar-refractivity contribution is 7.80. The van der Waals surface area contributed by atoms with E-state index in [0.717, 1.165) is 0 Å². The highest BCUT2D eigenvalue weighted by Crippen LogP contribution is 2.19. The topological polar surface area (TPSA) is 94.6 Å². The molecule has 6 nitrogen and oxygen atoms in total. The Kier molecular flexibility index (Phi) is 4.99. The van der Waals surface area contributed by atoms with Crippen molar-refractivity contribution in [2.45, 2.75) is 6.92 Å². The Morgan fingerprint density at radius 2 is 1.92 bits per heavy atom. The van der Waals surface area contributed by atoms with E-state index < -0.39 is 0 Å². The van der Waals surface area contributed by atoms with Gasteiger partial charge in [0.15, 0.2) is 11.2 Å². The minimum Gasteiger partial charge on any atom is -0.494 e. The number of nitrogens with one attached hydrogen (secondary N) is 1. The molecular formula is C19H16N2O4S. The second kappa shape index (κ2) is 7.37. The van der Waals surface area contributed by atoms with Crippen molar-refractivity contribution in [1.29, 1.82) is 0 Å². The molecule has 0 saturated carbocycles. The Morgan fingerprint density at radius 1 is 1.19 bits per heavy atom. The fourth-order valence-electron chi connectivity index (χ4n) is 2.43. The average molecular weight is 368 g/mol. The van der Waals surface area contributed by atoms with Crippen molar-refractivity contribution >= 4 is 39.8 Å². The van der Waals surface area contributed by atoms with E-state index in [2.05, 4.69) is 5.32 Å². The molecule has 3 N–H and O–H groups in total. The van der Waals surface area contributed by atoms with Gasteiger partial charge in [0.1, 0.15) is 16.3 Å². The van der Waals surface area contributed by atoms with Crippen LogP contribution in [0.1, 0.15) is 23.0 Å². The van der Waals surface area contributed by atoms with Gasteiger partial charge < -0.3 is 20.2 Å². The lowest BCUT2D eigenvalue weighted by Crippen LogP contribution is -2.14. The van der Waals surface area contributed by atoms with Crippen LogP contribution in [0.3, 0.4) is 0 Å². The van der Waals surface area contributed by atoms with E-state index in [-0.39, 0.29) is 22.1 Å². The Balaban J connectivity index is 1.85. The molecule has 0 radical (unpaired) electrons. The molecule has 0 aliphatic carbocycles. The first-order valence-electron chi connectivity index (χ1n) is 7.90. The highest BCUT2D eigenvalue weighted by Gasteiger charge is 2.10. The van der Waals surface area contributed by atoms with Crippen LogP contribution >= 0.6 is 12.2 Å². The molecule has 7 heteroatoms. The molecule has 1 aromatic heterocycles. The number of hydrogen-bond donors (Lipinski definition) is 2. The first-order chi connectivity index (χ1) is 12.5. The summed E-state index contributed by atoms with van der Waals surface area (Å²) in [5.74, 6) is 0.557. The van der Waals surface area contributed by atoms with E-state index in [1.54, 1.807) is 42.5 Å². The van der Waals surface area contributed by atoms with Crippen LogP contribution in [0.15, 0.2) is 57.7 Å². The summed E-state index contributed by atoms with van der Waals surface area (Å²) in [6, 6.07) is 12.8. The molecule has 3 rings (SSSR count). The molecule has 3 aromatic rings. The van der Waals surface area contributed by atoms with E-state index in [9.17, 15) is 9.59 Å². The Hall–Kier alpha value is -3.19. The summed E-state index contributed by atoms with van der Waals surface area (Å²) in [5.41, 5.74) is 6.51. The van der Waals surface area contributed by atoms with Gasteiger partial charge in [0, 0.05) is 17.3 Å². The van der Waals surface area contributed by atoms with Gasteiger partial charge >= 0.3 is 0 Å². The largest absolute Gasteiger partial charge is 0.494 e. The highest BCUT2D eigenvalue weighted by atomic mass is 32.1. The lowest BCUT2D eigenvalue weighted by Gasteiger charge is -2.08. The molecule has 26 heavy (non-hydrogen) atoms. The van der Waals surface area contributed by atoms with Crippen LogP contribution < -0.4 is 21.2 Å². The maximum absolute atomic E-state index is 12.4. The molecule has 0 spiro atoms. The van der Waals surface area contributed by atoms with Gasteiger partial charge in [-0.05, 0) is 49.4 Å². The van der Waals surface area contributed by atoms with Gasteiger partial charge in [-0.2, -0.15) is 0 Å². The molecule has 0 fully saturated rings.